The normalized spacial score (nSPS) is 16.0. The number of benzene rings is 2. The Morgan fingerprint density at radius 1 is 1.00 bits per heavy atom. The first-order valence-electron chi connectivity index (χ1n) is 9.81. The maximum absolute atomic E-state index is 12.5. The minimum Gasteiger partial charge on any atom is -0.490 e. The molecule has 1 amide bonds. The van der Waals surface area contributed by atoms with Gasteiger partial charge in [-0.1, -0.05) is 11.6 Å². The lowest BCUT2D eigenvalue weighted by Crippen LogP contribution is -2.43. The standard InChI is InChI=1S/C22H23ClN2O4/c1-3-28-19-9-14-7-8-24(12-15(14)10-20(19)29-4-2)13-25-18-6-5-16(23)11-17(18)21(26)22(25)27/h5-6,9-11H,3-4,7-8,12-13H2,1-2H3. The molecular formula is C22H23ClN2O4. The van der Waals surface area contributed by atoms with Crippen LogP contribution in [0.3, 0.4) is 0 Å². The molecular weight excluding hydrogens is 392 g/mol. The van der Waals surface area contributed by atoms with E-state index in [2.05, 4.69) is 11.0 Å². The Balaban J connectivity index is 1.56. The number of nitrogens with zero attached hydrogens (tertiary/aromatic N) is 2. The summed E-state index contributed by atoms with van der Waals surface area (Å²) in [6, 6.07) is 9.09. The lowest BCUT2D eigenvalue weighted by molar-refractivity contribution is -0.114. The highest BCUT2D eigenvalue weighted by Crippen LogP contribution is 2.35. The second-order valence-electron chi connectivity index (χ2n) is 7.10. The van der Waals surface area contributed by atoms with Crippen molar-refractivity contribution in [2.75, 3.05) is 31.3 Å². The average Bonchev–Trinajstić information content (AvgIpc) is 2.93. The van der Waals surface area contributed by atoms with Crippen LogP contribution in [-0.4, -0.2) is 43.0 Å². The second kappa shape index (κ2) is 8.05. The number of anilines is 1. The lowest BCUT2D eigenvalue weighted by atomic mass is 9.99. The first-order valence-corrected chi connectivity index (χ1v) is 10.2. The number of hydrogen-bond acceptors (Lipinski definition) is 5. The Labute approximate surface area is 174 Å². The summed E-state index contributed by atoms with van der Waals surface area (Å²) in [5.74, 6) is 0.504. The molecule has 0 unspecified atom stereocenters. The maximum Gasteiger partial charge on any atom is 0.300 e. The molecule has 2 aliphatic rings. The third-order valence-electron chi connectivity index (χ3n) is 5.23. The van der Waals surface area contributed by atoms with E-state index in [0.717, 1.165) is 30.0 Å². The number of hydrogen-bond donors (Lipinski definition) is 0. The van der Waals surface area contributed by atoms with Gasteiger partial charge in [0, 0.05) is 18.1 Å². The number of carbonyl (C=O) groups is 2. The molecule has 0 bridgehead atoms. The number of ketones is 1. The molecule has 152 valence electrons. The topological polar surface area (TPSA) is 59.1 Å². The smallest absolute Gasteiger partial charge is 0.300 e. The van der Waals surface area contributed by atoms with Gasteiger partial charge in [-0.15, -0.1) is 0 Å². The van der Waals surface area contributed by atoms with Gasteiger partial charge in [-0.2, -0.15) is 0 Å². The first-order chi connectivity index (χ1) is 14.0. The molecule has 0 aromatic heterocycles. The fourth-order valence-corrected chi connectivity index (χ4v) is 4.07. The predicted molar refractivity (Wildman–Crippen MR) is 111 cm³/mol. The van der Waals surface area contributed by atoms with Crippen LogP contribution in [0.1, 0.15) is 35.3 Å². The van der Waals surface area contributed by atoms with E-state index in [1.54, 1.807) is 18.2 Å². The SMILES string of the molecule is CCOc1cc2c(cc1OCC)CN(CN1C(=O)C(=O)c3cc(Cl)ccc31)CC2. The van der Waals surface area contributed by atoms with Crippen molar-refractivity contribution in [3.8, 4) is 11.5 Å². The van der Waals surface area contributed by atoms with Gasteiger partial charge in [-0.25, -0.2) is 0 Å². The number of amides is 1. The number of Topliss-reactive ketones (excluding diaryl/α,β-unsaturated/α-hetero) is 1. The molecule has 2 aromatic carbocycles. The van der Waals surface area contributed by atoms with Gasteiger partial charge in [0.1, 0.15) is 0 Å². The molecule has 4 rings (SSSR count). The zero-order chi connectivity index (χ0) is 20.5. The van der Waals surface area contributed by atoms with Crippen molar-refractivity contribution in [3.05, 3.63) is 52.0 Å². The summed E-state index contributed by atoms with van der Waals surface area (Å²) in [5.41, 5.74) is 3.37. The van der Waals surface area contributed by atoms with Crippen LogP contribution >= 0.6 is 11.6 Å². The third-order valence-corrected chi connectivity index (χ3v) is 5.47. The molecule has 2 heterocycles. The van der Waals surface area contributed by atoms with Crippen LogP contribution in [0, 0.1) is 0 Å². The summed E-state index contributed by atoms with van der Waals surface area (Å²) in [6.07, 6.45) is 0.839. The zero-order valence-electron chi connectivity index (χ0n) is 16.5. The Morgan fingerprint density at radius 3 is 2.38 bits per heavy atom. The Morgan fingerprint density at radius 2 is 1.69 bits per heavy atom. The molecule has 7 heteroatoms. The molecule has 0 spiro atoms. The highest BCUT2D eigenvalue weighted by molar-refractivity contribution is 6.52. The second-order valence-corrected chi connectivity index (χ2v) is 7.54. The summed E-state index contributed by atoms with van der Waals surface area (Å²) in [7, 11) is 0. The number of carbonyl (C=O) groups excluding carboxylic acids is 2. The van der Waals surface area contributed by atoms with Crippen LogP contribution in [0.2, 0.25) is 5.02 Å². The highest BCUT2D eigenvalue weighted by atomic mass is 35.5. The molecule has 2 aromatic rings. The average molecular weight is 415 g/mol. The zero-order valence-corrected chi connectivity index (χ0v) is 17.3. The predicted octanol–water partition coefficient (Wildman–Crippen LogP) is 3.68. The Hall–Kier alpha value is -2.57. The molecule has 29 heavy (non-hydrogen) atoms. The van der Waals surface area contributed by atoms with Gasteiger partial charge in [0.2, 0.25) is 0 Å². The van der Waals surface area contributed by atoms with Crippen molar-refractivity contribution in [1.82, 2.24) is 4.90 Å². The minimum absolute atomic E-state index is 0.357. The molecule has 0 saturated heterocycles. The Bertz CT molecular complexity index is 976. The van der Waals surface area contributed by atoms with Gasteiger partial charge >= 0.3 is 5.91 Å². The van der Waals surface area contributed by atoms with E-state index in [9.17, 15) is 9.59 Å². The molecule has 0 fully saturated rings. The Kier molecular flexibility index (Phi) is 5.48. The number of halogens is 1. The van der Waals surface area contributed by atoms with Gasteiger partial charge in [0.25, 0.3) is 5.78 Å². The van der Waals surface area contributed by atoms with Crippen LogP contribution in [-0.2, 0) is 17.8 Å². The molecule has 0 atom stereocenters. The van der Waals surface area contributed by atoms with E-state index < -0.39 is 11.7 Å². The van der Waals surface area contributed by atoms with E-state index in [4.69, 9.17) is 21.1 Å². The van der Waals surface area contributed by atoms with Crippen molar-refractivity contribution in [2.45, 2.75) is 26.8 Å². The van der Waals surface area contributed by atoms with Gasteiger partial charge in [-0.3, -0.25) is 19.4 Å². The van der Waals surface area contributed by atoms with Crippen LogP contribution in [0.5, 0.6) is 11.5 Å². The minimum atomic E-state index is -0.505. The van der Waals surface area contributed by atoms with Crippen molar-refractivity contribution in [2.24, 2.45) is 0 Å². The van der Waals surface area contributed by atoms with Crippen LogP contribution < -0.4 is 14.4 Å². The van der Waals surface area contributed by atoms with Gasteiger partial charge < -0.3 is 9.47 Å². The van der Waals surface area contributed by atoms with Crippen LogP contribution in [0.15, 0.2) is 30.3 Å². The van der Waals surface area contributed by atoms with E-state index >= 15 is 0 Å². The fourth-order valence-electron chi connectivity index (χ4n) is 3.89. The van der Waals surface area contributed by atoms with E-state index in [1.165, 1.54) is 10.5 Å². The molecule has 0 aliphatic carbocycles. The molecule has 2 aliphatic heterocycles. The number of fused-ring (bicyclic) bond motifs is 2. The lowest BCUT2D eigenvalue weighted by Gasteiger charge is -2.32. The van der Waals surface area contributed by atoms with Crippen molar-refractivity contribution < 1.29 is 19.1 Å². The van der Waals surface area contributed by atoms with Gasteiger partial charge in [0.05, 0.1) is 31.1 Å². The summed E-state index contributed by atoms with van der Waals surface area (Å²) >= 11 is 5.99. The van der Waals surface area contributed by atoms with E-state index in [0.29, 0.717) is 42.7 Å². The first kappa shape index (κ1) is 19.7. The summed E-state index contributed by atoms with van der Waals surface area (Å²) in [4.78, 5) is 28.5. The van der Waals surface area contributed by atoms with E-state index in [-0.39, 0.29) is 0 Å². The van der Waals surface area contributed by atoms with Crippen molar-refractivity contribution in [3.63, 3.8) is 0 Å². The van der Waals surface area contributed by atoms with Gasteiger partial charge in [0.15, 0.2) is 11.5 Å². The third kappa shape index (κ3) is 3.70. The molecule has 0 saturated carbocycles. The van der Waals surface area contributed by atoms with Gasteiger partial charge in [-0.05, 0) is 61.7 Å². The monoisotopic (exact) mass is 414 g/mol. The summed E-state index contributed by atoms with van der Waals surface area (Å²) < 4.78 is 11.5. The fraction of sp³-hybridized carbons (Fsp3) is 0.364. The largest absolute Gasteiger partial charge is 0.490 e. The number of ether oxygens (including phenoxy) is 2. The van der Waals surface area contributed by atoms with Crippen molar-refractivity contribution in [1.29, 1.82) is 0 Å². The van der Waals surface area contributed by atoms with Crippen LogP contribution in [0.25, 0.3) is 0 Å². The highest BCUT2D eigenvalue weighted by Gasteiger charge is 2.37. The number of rotatable bonds is 6. The molecule has 6 nitrogen and oxygen atoms in total. The molecule has 0 N–H and O–H groups in total. The maximum atomic E-state index is 12.5. The van der Waals surface area contributed by atoms with Crippen molar-refractivity contribution >= 4 is 29.0 Å². The molecule has 0 radical (unpaired) electrons. The van der Waals surface area contributed by atoms with E-state index in [1.807, 2.05) is 19.9 Å². The van der Waals surface area contributed by atoms with Crippen LogP contribution in [0.4, 0.5) is 5.69 Å². The summed E-state index contributed by atoms with van der Waals surface area (Å²) in [6.45, 7) is 6.86. The summed E-state index contributed by atoms with van der Waals surface area (Å²) in [5, 5.41) is 0.451. The quantitative estimate of drug-likeness (QED) is 0.675.